The van der Waals surface area contributed by atoms with E-state index in [0.29, 0.717) is 16.8 Å². The van der Waals surface area contributed by atoms with Crippen LogP contribution < -0.4 is 10.1 Å². The largest absolute Gasteiger partial charge is 0.437 e. The Balaban J connectivity index is 2.26. The Morgan fingerprint density at radius 1 is 1.33 bits per heavy atom. The molecule has 0 saturated heterocycles. The Bertz CT molecular complexity index is 601. The van der Waals surface area contributed by atoms with Gasteiger partial charge in [-0.25, -0.2) is 4.98 Å². The Hall–Kier alpha value is -1.58. The van der Waals surface area contributed by atoms with Gasteiger partial charge in [0.15, 0.2) is 0 Å². The quantitative estimate of drug-likeness (QED) is 0.835. The van der Waals surface area contributed by atoms with Crippen molar-refractivity contribution in [3.05, 3.63) is 52.7 Å². The number of aromatic nitrogens is 1. The number of para-hydroxylation sites is 1. The average Bonchev–Trinajstić information content (AvgIpc) is 2.50. The van der Waals surface area contributed by atoms with Gasteiger partial charge >= 0.3 is 0 Å². The monoisotopic (exact) mass is 304 g/mol. The summed E-state index contributed by atoms with van der Waals surface area (Å²) >= 11 is 6.27. The predicted octanol–water partition coefficient (Wildman–Crippen LogP) is 4.76. The van der Waals surface area contributed by atoms with Crippen molar-refractivity contribution in [2.24, 2.45) is 0 Å². The van der Waals surface area contributed by atoms with Crippen LogP contribution >= 0.6 is 11.6 Å². The zero-order valence-electron chi connectivity index (χ0n) is 12.7. The Labute approximate surface area is 131 Å². The first-order valence-corrected chi connectivity index (χ1v) is 7.59. The molecule has 3 nitrogen and oxygen atoms in total. The van der Waals surface area contributed by atoms with Gasteiger partial charge in [-0.05, 0) is 42.6 Å². The first kappa shape index (κ1) is 15.8. The summed E-state index contributed by atoms with van der Waals surface area (Å²) in [7, 11) is 1.89. The lowest BCUT2D eigenvalue weighted by Gasteiger charge is -2.15. The SMILES string of the molecule is CCC(C)c1ccccc1Oc1ncc(CNC)cc1Cl. The Morgan fingerprint density at radius 3 is 2.76 bits per heavy atom. The van der Waals surface area contributed by atoms with Gasteiger partial charge in [0.05, 0.1) is 0 Å². The molecule has 0 aliphatic rings. The third-order valence-corrected chi connectivity index (χ3v) is 3.78. The first-order chi connectivity index (χ1) is 10.2. The molecular formula is C17H21ClN2O. The molecule has 112 valence electrons. The maximum atomic E-state index is 6.27. The smallest absolute Gasteiger partial charge is 0.238 e. The van der Waals surface area contributed by atoms with Crippen molar-refractivity contribution in [1.29, 1.82) is 0 Å². The fraction of sp³-hybridized carbons (Fsp3) is 0.353. The molecule has 2 aromatic rings. The molecular weight excluding hydrogens is 284 g/mol. The summed E-state index contributed by atoms with van der Waals surface area (Å²) in [5.41, 5.74) is 2.21. The molecule has 2 rings (SSSR count). The fourth-order valence-electron chi connectivity index (χ4n) is 2.15. The lowest BCUT2D eigenvalue weighted by Crippen LogP contribution is -2.05. The topological polar surface area (TPSA) is 34.1 Å². The molecule has 1 atom stereocenters. The van der Waals surface area contributed by atoms with Gasteiger partial charge in [0, 0.05) is 12.7 Å². The van der Waals surface area contributed by atoms with Crippen LogP contribution in [0.2, 0.25) is 5.02 Å². The van der Waals surface area contributed by atoms with E-state index >= 15 is 0 Å². The van der Waals surface area contributed by atoms with Gasteiger partial charge in [0.2, 0.25) is 5.88 Å². The molecule has 0 saturated carbocycles. The number of benzene rings is 1. The number of rotatable bonds is 6. The molecule has 0 radical (unpaired) electrons. The number of pyridine rings is 1. The van der Waals surface area contributed by atoms with E-state index in [9.17, 15) is 0 Å². The van der Waals surface area contributed by atoms with E-state index in [-0.39, 0.29) is 0 Å². The summed E-state index contributed by atoms with van der Waals surface area (Å²) in [6, 6.07) is 9.92. The zero-order chi connectivity index (χ0) is 15.2. The average molecular weight is 305 g/mol. The van der Waals surface area contributed by atoms with Gasteiger partial charge in [0.1, 0.15) is 10.8 Å². The van der Waals surface area contributed by atoms with Crippen LogP contribution in [0.15, 0.2) is 36.5 Å². The number of halogens is 1. The molecule has 0 amide bonds. The highest BCUT2D eigenvalue weighted by Gasteiger charge is 2.12. The second kappa shape index (κ2) is 7.43. The molecule has 0 spiro atoms. The van der Waals surface area contributed by atoms with E-state index < -0.39 is 0 Å². The van der Waals surface area contributed by atoms with E-state index in [0.717, 1.165) is 24.3 Å². The van der Waals surface area contributed by atoms with Crippen molar-refractivity contribution in [3.63, 3.8) is 0 Å². The van der Waals surface area contributed by atoms with Crippen molar-refractivity contribution in [1.82, 2.24) is 10.3 Å². The van der Waals surface area contributed by atoms with Crippen molar-refractivity contribution in [2.75, 3.05) is 7.05 Å². The van der Waals surface area contributed by atoms with Crippen molar-refractivity contribution in [2.45, 2.75) is 32.7 Å². The lowest BCUT2D eigenvalue weighted by atomic mass is 9.98. The maximum absolute atomic E-state index is 6.27. The second-order valence-electron chi connectivity index (χ2n) is 5.11. The Morgan fingerprint density at radius 2 is 2.10 bits per heavy atom. The number of nitrogens with zero attached hydrogens (tertiary/aromatic N) is 1. The number of nitrogens with one attached hydrogen (secondary N) is 1. The number of ether oxygens (including phenoxy) is 1. The minimum absolute atomic E-state index is 0.434. The molecule has 1 aromatic heterocycles. The molecule has 0 aliphatic carbocycles. The second-order valence-corrected chi connectivity index (χ2v) is 5.52. The standard InChI is InChI=1S/C17H21ClN2O/c1-4-12(2)14-7-5-6-8-16(14)21-17-15(18)9-13(10-19-3)11-20-17/h5-9,11-12,19H,4,10H2,1-3H3. The van der Waals surface area contributed by atoms with Crippen molar-refractivity contribution in [3.8, 4) is 11.6 Å². The molecule has 0 bridgehead atoms. The normalized spacial score (nSPS) is 12.2. The van der Waals surface area contributed by atoms with Gasteiger partial charge in [-0.2, -0.15) is 0 Å². The number of hydrogen-bond donors (Lipinski definition) is 1. The summed E-state index contributed by atoms with van der Waals surface area (Å²) in [4.78, 5) is 4.32. The molecule has 21 heavy (non-hydrogen) atoms. The molecule has 0 aliphatic heterocycles. The van der Waals surface area contributed by atoms with Crippen LogP contribution in [0, 0.1) is 0 Å². The van der Waals surface area contributed by atoms with Crippen LogP contribution in [0.1, 0.15) is 37.3 Å². The highest BCUT2D eigenvalue weighted by Crippen LogP contribution is 2.34. The van der Waals surface area contributed by atoms with Crippen LogP contribution in [0.3, 0.4) is 0 Å². The first-order valence-electron chi connectivity index (χ1n) is 7.21. The van der Waals surface area contributed by atoms with Crippen LogP contribution in [0.25, 0.3) is 0 Å². The van der Waals surface area contributed by atoms with Crippen LogP contribution in [-0.2, 0) is 6.54 Å². The highest BCUT2D eigenvalue weighted by molar-refractivity contribution is 6.31. The minimum Gasteiger partial charge on any atom is -0.437 e. The van der Waals surface area contributed by atoms with Crippen molar-refractivity contribution >= 4 is 11.6 Å². The van der Waals surface area contributed by atoms with Crippen LogP contribution in [-0.4, -0.2) is 12.0 Å². The molecule has 1 heterocycles. The number of hydrogen-bond acceptors (Lipinski definition) is 3. The summed E-state index contributed by atoms with van der Waals surface area (Å²) < 4.78 is 5.93. The third kappa shape index (κ3) is 3.96. The predicted molar refractivity (Wildman–Crippen MR) is 87.2 cm³/mol. The van der Waals surface area contributed by atoms with Gasteiger partial charge in [-0.3, -0.25) is 0 Å². The molecule has 1 N–H and O–H groups in total. The molecule has 0 fully saturated rings. The van der Waals surface area contributed by atoms with E-state index in [1.54, 1.807) is 6.20 Å². The highest BCUT2D eigenvalue weighted by atomic mass is 35.5. The molecule has 4 heteroatoms. The molecule has 1 aromatic carbocycles. The maximum Gasteiger partial charge on any atom is 0.238 e. The van der Waals surface area contributed by atoms with Crippen LogP contribution in [0.5, 0.6) is 11.6 Å². The Kier molecular flexibility index (Phi) is 5.59. The van der Waals surface area contributed by atoms with Crippen LogP contribution in [0.4, 0.5) is 0 Å². The minimum atomic E-state index is 0.434. The zero-order valence-corrected chi connectivity index (χ0v) is 13.4. The van der Waals surface area contributed by atoms with E-state index in [4.69, 9.17) is 16.3 Å². The van der Waals surface area contributed by atoms with Crippen molar-refractivity contribution < 1.29 is 4.74 Å². The summed E-state index contributed by atoms with van der Waals surface area (Å²) in [5.74, 6) is 1.71. The van der Waals surface area contributed by atoms with E-state index in [1.165, 1.54) is 5.56 Å². The van der Waals surface area contributed by atoms with E-state index in [1.807, 2.05) is 31.3 Å². The summed E-state index contributed by atoms with van der Waals surface area (Å²) in [6.45, 7) is 5.09. The third-order valence-electron chi connectivity index (χ3n) is 3.51. The van der Waals surface area contributed by atoms with Gasteiger partial charge in [0.25, 0.3) is 0 Å². The van der Waals surface area contributed by atoms with Gasteiger partial charge < -0.3 is 10.1 Å². The summed E-state index contributed by atoms with van der Waals surface area (Å²) in [5, 5.41) is 3.60. The summed E-state index contributed by atoms with van der Waals surface area (Å²) in [6.07, 6.45) is 2.84. The molecule has 1 unspecified atom stereocenters. The fourth-order valence-corrected chi connectivity index (χ4v) is 2.37. The van der Waals surface area contributed by atoms with E-state index in [2.05, 4.69) is 30.2 Å². The van der Waals surface area contributed by atoms with Gasteiger partial charge in [-0.1, -0.05) is 43.6 Å². The lowest BCUT2D eigenvalue weighted by molar-refractivity contribution is 0.452. The van der Waals surface area contributed by atoms with Gasteiger partial charge in [-0.15, -0.1) is 0 Å².